The highest BCUT2D eigenvalue weighted by Crippen LogP contribution is 2.17. The van der Waals surface area contributed by atoms with Gasteiger partial charge in [-0.05, 0) is 60.0 Å². The van der Waals surface area contributed by atoms with Gasteiger partial charge in [-0.1, -0.05) is 54.6 Å². The van der Waals surface area contributed by atoms with Crippen LogP contribution in [0.2, 0.25) is 0 Å². The molecule has 0 amide bonds. The zero-order chi connectivity index (χ0) is 21.2. The Kier molecular flexibility index (Phi) is 8.04. The van der Waals surface area contributed by atoms with Crippen LogP contribution in [0.5, 0.6) is 5.75 Å². The lowest BCUT2D eigenvalue weighted by Crippen LogP contribution is -2.28. The van der Waals surface area contributed by atoms with Crippen LogP contribution in [0.3, 0.4) is 0 Å². The molecule has 3 aromatic carbocycles. The fourth-order valence-electron chi connectivity index (χ4n) is 3.22. The molecule has 3 aromatic rings. The number of fused-ring (bicyclic) bond motifs is 1. The van der Waals surface area contributed by atoms with E-state index < -0.39 is 6.10 Å². The predicted molar refractivity (Wildman–Crippen MR) is 121 cm³/mol. The number of carbonyl (C=O) groups is 1. The number of ether oxygens (including phenoxy) is 3. The van der Waals surface area contributed by atoms with E-state index in [4.69, 9.17) is 14.2 Å². The van der Waals surface area contributed by atoms with Crippen molar-refractivity contribution in [3.05, 3.63) is 83.9 Å². The number of hydrogen-bond donors (Lipinski definition) is 0. The van der Waals surface area contributed by atoms with Gasteiger partial charge in [-0.3, -0.25) is 0 Å². The lowest BCUT2D eigenvalue weighted by molar-refractivity contribution is -0.156. The predicted octanol–water partition coefficient (Wildman–Crippen LogP) is 5.44. The fraction of sp³-hybridized carbons (Fsp3) is 0.269. The molecular weight excluding hydrogens is 376 g/mol. The van der Waals surface area contributed by atoms with Crippen molar-refractivity contribution in [2.24, 2.45) is 0 Å². The highest BCUT2D eigenvalue weighted by Gasteiger charge is 2.20. The zero-order valence-electron chi connectivity index (χ0n) is 17.5. The van der Waals surface area contributed by atoms with Crippen molar-refractivity contribution >= 4 is 22.8 Å². The molecule has 3 rings (SSSR count). The molecule has 0 bridgehead atoms. The minimum Gasteiger partial charge on any atom is -0.490 e. The van der Waals surface area contributed by atoms with E-state index in [-0.39, 0.29) is 5.97 Å². The van der Waals surface area contributed by atoms with Crippen LogP contribution < -0.4 is 4.74 Å². The second kappa shape index (κ2) is 11.2. The monoisotopic (exact) mass is 404 g/mol. The molecule has 0 saturated heterocycles. The summed E-state index contributed by atoms with van der Waals surface area (Å²) >= 11 is 0. The topological polar surface area (TPSA) is 44.8 Å². The SMILES string of the molecule is CCOC(=O)C(Cc1ccc(OCC=Cc2ccc3ccccc3c2)cc1)OCC. The largest absolute Gasteiger partial charge is 0.490 e. The van der Waals surface area contributed by atoms with Gasteiger partial charge in [0.1, 0.15) is 12.4 Å². The first kappa shape index (κ1) is 21.6. The van der Waals surface area contributed by atoms with E-state index >= 15 is 0 Å². The van der Waals surface area contributed by atoms with Crippen LogP contribution in [0.15, 0.2) is 72.8 Å². The molecule has 0 aliphatic heterocycles. The van der Waals surface area contributed by atoms with Crippen LogP contribution in [-0.4, -0.2) is 31.9 Å². The van der Waals surface area contributed by atoms with Gasteiger partial charge in [0.15, 0.2) is 6.10 Å². The molecule has 4 nitrogen and oxygen atoms in total. The lowest BCUT2D eigenvalue weighted by atomic mass is 10.1. The molecule has 1 unspecified atom stereocenters. The molecule has 0 fully saturated rings. The first-order chi connectivity index (χ1) is 14.7. The molecule has 0 aliphatic carbocycles. The zero-order valence-corrected chi connectivity index (χ0v) is 17.5. The molecule has 0 spiro atoms. The first-order valence-electron chi connectivity index (χ1n) is 10.3. The number of carbonyl (C=O) groups excluding carboxylic acids is 1. The van der Waals surface area contributed by atoms with Crippen molar-refractivity contribution in [2.45, 2.75) is 26.4 Å². The maximum atomic E-state index is 12.0. The van der Waals surface area contributed by atoms with E-state index in [0.717, 1.165) is 16.9 Å². The summed E-state index contributed by atoms with van der Waals surface area (Å²) in [6, 6.07) is 22.4. The summed E-state index contributed by atoms with van der Waals surface area (Å²) in [7, 11) is 0. The molecule has 0 aromatic heterocycles. The van der Waals surface area contributed by atoms with Crippen LogP contribution in [0.25, 0.3) is 16.8 Å². The summed E-state index contributed by atoms with van der Waals surface area (Å²) in [5.74, 6) is 0.463. The van der Waals surface area contributed by atoms with Crippen molar-refractivity contribution < 1.29 is 19.0 Å². The van der Waals surface area contributed by atoms with Crippen molar-refractivity contribution in [3.63, 3.8) is 0 Å². The van der Waals surface area contributed by atoms with Gasteiger partial charge in [-0.2, -0.15) is 0 Å². The second-order valence-corrected chi connectivity index (χ2v) is 6.86. The van der Waals surface area contributed by atoms with Gasteiger partial charge in [-0.25, -0.2) is 4.79 Å². The smallest absolute Gasteiger partial charge is 0.335 e. The van der Waals surface area contributed by atoms with Crippen LogP contribution in [-0.2, 0) is 20.7 Å². The second-order valence-electron chi connectivity index (χ2n) is 6.86. The van der Waals surface area contributed by atoms with E-state index in [0.29, 0.717) is 26.2 Å². The maximum Gasteiger partial charge on any atom is 0.335 e. The van der Waals surface area contributed by atoms with Crippen LogP contribution in [0.4, 0.5) is 0 Å². The average Bonchev–Trinajstić information content (AvgIpc) is 2.77. The van der Waals surface area contributed by atoms with Gasteiger partial charge in [0.05, 0.1) is 6.61 Å². The van der Waals surface area contributed by atoms with E-state index in [2.05, 4.69) is 36.4 Å². The van der Waals surface area contributed by atoms with Crippen molar-refractivity contribution in [3.8, 4) is 5.75 Å². The highest BCUT2D eigenvalue weighted by molar-refractivity contribution is 5.84. The lowest BCUT2D eigenvalue weighted by Gasteiger charge is -2.15. The van der Waals surface area contributed by atoms with Crippen molar-refractivity contribution in [1.29, 1.82) is 0 Å². The molecule has 0 heterocycles. The summed E-state index contributed by atoms with van der Waals surface area (Å²) in [6.07, 6.45) is 3.97. The Morgan fingerprint density at radius 2 is 1.70 bits per heavy atom. The Hall–Kier alpha value is -3.11. The summed E-state index contributed by atoms with van der Waals surface area (Å²) < 4.78 is 16.4. The van der Waals surface area contributed by atoms with Gasteiger partial charge < -0.3 is 14.2 Å². The van der Waals surface area contributed by atoms with Gasteiger partial charge in [0.2, 0.25) is 0 Å². The van der Waals surface area contributed by atoms with E-state index in [1.54, 1.807) is 6.92 Å². The van der Waals surface area contributed by atoms with Gasteiger partial charge in [-0.15, -0.1) is 0 Å². The number of rotatable bonds is 10. The number of hydrogen-bond acceptors (Lipinski definition) is 4. The van der Waals surface area contributed by atoms with Crippen molar-refractivity contribution in [2.75, 3.05) is 19.8 Å². The molecule has 0 aliphatic rings. The van der Waals surface area contributed by atoms with Crippen LogP contribution >= 0.6 is 0 Å². The molecule has 4 heteroatoms. The minimum absolute atomic E-state index is 0.321. The molecule has 1 atom stereocenters. The third kappa shape index (κ3) is 6.19. The molecule has 30 heavy (non-hydrogen) atoms. The third-order valence-electron chi connectivity index (χ3n) is 4.69. The highest BCUT2D eigenvalue weighted by atomic mass is 16.6. The molecule has 156 valence electrons. The molecule has 0 N–H and O–H groups in total. The fourth-order valence-corrected chi connectivity index (χ4v) is 3.22. The number of benzene rings is 3. The third-order valence-corrected chi connectivity index (χ3v) is 4.69. The summed E-state index contributed by atoms with van der Waals surface area (Å²) in [5.41, 5.74) is 2.15. The Labute approximate surface area is 178 Å². The van der Waals surface area contributed by atoms with Crippen molar-refractivity contribution in [1.82, 2.24) is 0 Å². The Morgan fingerprint density at radius 3 is 2.43 bits per heavy atom. The Morgan fingerprint density at radius 1 is 0.933 bits per heavy atom. The summed E-state index contributed by atoms with van der Waals surface area (Å²) in [6.45, 7) is 4.96. The molecular formula is C26H28O4. The van der Waals surface area contributed by atoms with E-state index in [1.165, 1.54) is 10.8 Å². The molecule has 0 saturated carbocycles. The molecule has 0 radical (unpaired) electrons. The minimum atomic E-state index is -0.577. The Balaban J connectivity index is 1.52. The van der Waals surface area contributed by atoms with E-state index in [9.17, 15) is 4.79 Å². The summed E-state index contributed by atoms with van der Waals surface area (Å²) in [5, 5.41) is 2.46. The van der Waals surface area contributed by atoms with E-state index in [1.807, 2.05) is 49.4 Å². The summed E-state index contributed by atoms with van der Waals surface area (Å²) in [4.78, 5) is 12.0. The standard InChI is InChI=1S/C26H28O4/c1-3-28-25(26(27)29-4-2)19-21-12-15-24(16-13-21)30-17-7-8-20-11-14-22-9-5-6-10-23(22)18-20/h5-16,18,25H,3-4,17,19H2,1-2H3. The Bertz CT molecular complexity index is 976. The first-order valence-corrected chi connectivity index (χ1v) is 10.3. The normalized spacial score (nSPS) is 12.2. The number of esters is 1. The van der Waals surface area contributed by atoms with Gasteiger partial charge >= 0.3 is 5.97 Å². The van der Waals surface area contributed by atoms with Gasteiger partial charge in [0, 0.05) is 13.0 Å². The van der Waals surface area contributed by atoms with Gasteiger partial charge in [0.25, 0.3) is 0 Å². The quantitative estimate of drug-likeness (QED) is 0.422. The average molecular weight is 405 g/mol. The maximum absolute atomic E-state index is 12.0. The van der Waals surface area contributed by atoms with Crippen LogP contribution in [0, 0.1) is 0 Å². The van der Waals surface area contributed by atoms with Crippen LogP contribution in [0.1, 0.15) is 25.0 Å².